The molecule has 4 N–H and O–H groups in total. The average molecular weight is 944 g/mol. The van der Waals surface area contributed by atoms with Crippen LogP contribution in [0.1, 0.15) is 194 Å². The van der Waals surface area contributed by atoms with Crippen molar-refractivity contribution in [3.8, 4) is 0 Å². The maximum Gasteiger partial charge on any atom is 0.472 e. The van der Waals surface area contributed by atoms with E-state index in [0.29, 0.717) is 12.8 Å². The zero-order valence-corrected chi connectivity index (χ0v) is 41.9. The minimum absolute atomic E-state index is 0.126. The highest BCUT2D eigenvalue weighted by Crippen LogP contribution is 2.43. The zero-order chi connectivity index (χ0) is 48.4. The summed E-state index contributed by atoms with van der Waals surface area (Å²) in [4.78, 5) is 46.1. The molecule has 3 atom stereocenters. The second-order valence-corrected chi connectivity index (χ2v) is 18.1. The summed E-state index contributed by atoms with van der Waals surface area (Å²) in [6.45, 7) is 2.44. The van der Waals surface area contributed by atoms with Crippen LogP contribution in [-0.4, -0.2) is 64.9 Å². The molecule has 0 radical (unpaired) electrons. The quantitative estimate of drug-likeness (QED) is 0.0199. The van der Waals surface area contributed by atoms with Gasteiger partial charge in [0.15, 0.2) is 6.04 Å². The first kappa shape index (κ1) is 62.4. The third-order valence-corrected chi connectivity index (χ3v) is 11.3. The minimum atomic E-state index is -4.78. The number of hydrogen-bond donors (Lipinski definition) is 4. The van der Waals surface area contributed by atoms with E-state index in [1.165, 1.54) is 25.7 Å². The third kappa shape index (κ3) is 46.9. The van der Waals surface area contributed by atoms with Gasteiger partial charge in [0.2, 0.25) is 5.91 Å². The van der Waals surface area contributed by atoms with E-state index in [0.717, 1.165) is 128 Å². The Balaban J connectivity index is 3.91. The van der Waals surface area contributed by atoms with Crippen LogP contribution in [0.25, 0.3) is 0 Å². The second-order valence-electron chi connectivity index (χ2n) is 16.6. The number of carbonyl (C=O) groups excluding carboxylic acids is 2. The van der Waals surface area contributed by atoms with Crippen LogP contribution in [0.5, 0.6) is 0 Å². The number of phosphoric acid groups is 1. The van der Waals surface area contributed by atoms with Crippen molar-refractivity contribution in [3.63, 3.8) is 0 Å². The topological polar surface area (TPSA) is 169 Å². The molecule has 0 bridgehead atoms. The summed E-state index contributed by atoms with van der Waals surface area (Å²) in [5.41, 5.74) is 0. The Morgan fingerprint density at radius 2 is 0.879 bits per heavy atom. The summed E-state index contributed by atoms with van der Waals surface area (Å²) < 4.78 is 26.9. The van der Waals surface area contributed by atoms with Gasteiger partial charge in [-0.05, 0) is 96.3 Å². The fraction of sp³-hybridized carbons (Fsp3) is 0.648. The van der Waals surface area contributed by atoms with Crippen LogP contribution in [-0.2, 0) is 32.7 Å². The Morgan fingerprint density at radius 3 is 1.32 bits per heavy atom. The molecule has 1 amide bonds. The van der Waals surface area contributed by atoms with Gasteiger partial charge in [-0.25, -0.2) is 9.36 Å². The fourth-order valence-electron chi connectivity index (χ4n) is 6.47. The van der Waals surface area contributed by atoms with Gasteiger partial charge < -0.3 is 25.2 Å². The number of carboxylic acids is 1. The third-order valence-electron chi connectivity index (χ3n) is 10.4. The predicted molar refractivity (Wildman–Crippen MR) is 272 cm³/mol. The van der Waals surface area contributed by atoms with Gasteiger partial charge in [-0.2, -0.15) is 0 Å². The number of amides is 1. The number of ether oxygens (including phenoxy) is 1. The molecule has 0 saturated carbocycles. The number of esters is 1. The van der Waals surface area contributed by atoms with Gasteiger partial charge in [0, 0.05) is 12.8 Å². The first-order chi connectivity index (χ1) is 32.1. The van der Waals surface area contributed by atoms with Crippen molar-refractivity contribution in [3.05, 3.63) is 97.2 Å². The molecule has 0 aromatic heterocycles. The van der Waals surface area contributed by atoms with Gasteiger partial charge in [-0.15, -0.1) is 0 Å². The van der Waals surface area contributed by atoms with E-state index in [1.54, 1.807) is 0 Å². The van der Waals surface area contributed by atoms with Gasteiger partial charge in [0.25, 0.3) is 0 Å². The lowest BCUT2D eigenvalue weighted by atomic mass is 10.1. The van der Waals surface area contributed by atoms with Gasteiger partial charge in [0.05, 0.1) is 13.2 Å². The summed E-state index contributed by atoms with van der Waals surface area (Å²) in [5, 5.41) is 21.9. The van der Waals surface area contributed by atoms with Crippen LogP contribution in [0.15, 0.2) is 97.2 Å². The van der Waals surface area contributed by atoms with E-state index in [1.807, 2.05) is 0 Å². The minimum Gasteiger partial charge on any atom is -0.480 e. The lowest BCUT2D eigenvalue weighted by molar-refractivity contribution is -0.147. The number of hydrogen-bond acceptors (Lipinski definition) is 8. The summed E-state index contributed by atoms with van der Waals surface area (Å²) in [6, 6.07) is -1.56. The van der Waals surface area contributed by atoms with Gasteiger partial charge in [0.1, 0.15) is 12.7 Å². The summed E-state index contributed by atoms with van der Waals surface area (Å²) in [6.07, 6.45) is 61.3. The number of aliphatic carboxylic acids is 1. The van der Waals surface area contributed by atoms with E-state index in [2.05, 4.69) is 116 Å². The zero-order valence-electron chi connectivity index (χ0n) is 41.0. The molecule has 0 fully saturated rings. The Morgan fingerprint density at radius 1 is 0.500 bits per heavy atom. The van der Waals surface area contributed by atoms with Gasteiger partial charge in [-0.3, -0.25) is 18.6 Å². The van der Waals surface area contributed by atoms with Crippen LogP contribution < -0.4 is 5.32 Å². The Hall–Kier alpha value is -3.60. The molecule has 0 aliphatic rings. The maximum absolute atomic E-state index is 12.4. The summed E-state index contributed by atoms with van der Waals surface area (Å²) in [7, 11) is -4.78. The number of carboxylic acid groups (broad SMARTS) is 1. The fourth-order valence-corrected chi connectivity index (χ4v) is 7.24. The lowest BCUT2D eigenvalue weighted by Crippen LogP contribution is -2.43. The number of phosphoric ester groups is 1. The smallest absolute Gasteiger partial charge is 0.472 e. The molecule has 0 aliphatic carbocycles. The molecule has 66 heavy (non-hydrogen) atoms. The molecular weight excluding hydrogens is 854 g/mol. The molecule has 12 heteroatoms. The van der Waals surface area contributed by atoms with E-state index >= 15 is 0 Å². The Labute approximate surface area is 400 Å². The number of aliphatic hydroxyl groups excluding tert-OH is 1. The van der Waals surface area contributed by atoms with Gasteiger partial charge in [-0.1, -0.05) is 182 Å². The molecule has 376 valence electrons. The van der Waals surface area contributed by atoms with E-state index in [9.17, 15) is 34.1 Å². The van der Waals surface area contributed by atoms with Crippen molar-refractivity contribution >= 4 is 25.7 Å². The predicted octanol–water partition coefficient (Wildman–Crippen LogP) is 14.0. The molecule has 0 rings (SSSR count). The lowest BCUT2D eigenvalue weighted by Gasteiger charge is -2.18. The van der Waals surface area contributed by atoms with E-state index in [-0.39, 0.29) is 12.8 Å². The number of nitrogens with one attached hydrogen (secondary N) is 1. The van der Waals surface area contributed by atoms with Crippen LogP contribution in [0.3, 0.4) is 0 Å². The molecule has 0 heterocycles. The van der Waals surface area contributed by atoms with Crippen LogP contribution in [0, 0.1) is 0 Å². The summed E-state index contributed by atoms with van der Waals surface area (Å²) >= 11 is 0. The number of carbonyl (C=O) groups is 3. The largest absolute Gasteiger partial charge is 0.480 e. The van der Waals surface area contributed by atoms with Crippen molar-refractivity contribution in [2.45, 2.75) is 206 Å². The Bertz CT molecular complexity index is 1480. The second kappa shape index (κ2) is 47.9. The van der Waals surface area contributed by atoms with Crippen LogP contribution in [0.4, 0.5) is 0 Å². The molecule has 0 aromatic carbocycles. The molecular formula is C54H90NO10P. The summed E-state index contributed by atoms with van der Waals surface area (Å²) in [5.74, 6) is -2.41. The molecule has 3 unspecified atom stereocenters. The monoisotopic (exact) mass is 944 g/mol. The molecule has 0 aromatic rings. The molecule has 11 nitrogen and oxygen atoms in total. The number of unbranched alkanes of at least 4 members (excludes halogenated alkanes) is 16. The Kier molecular flexibility index (Phi) is 45.3. The van der Waals surface area contributed by atoms with Crippen LogP contribution in [0.2, 0.25) is 0 Å². The SMILES string of the molecule is CC/C=C\C/C=C\C/C=C\C/C=C\C/C=C\CCCCCCCCCC(=O)NC(COP(=O)(O)OCC(O)COC(=O)CCCCCCCC/C=C\C/C=C\C/C=C\CCCCC)C(=O)O. The highest BCUT2D eigenvalue weighted by atomic mass is 31.2. The normalized spacial score (nSPS) is 14.4. The molecule has 0 saturated heterocycles. The maximum atomic E-state index is 12.4. The van der Waals surface area contributed by atoms with Crippen LogP contribution >= 0.6 is 7.82 Å². The van der Waals surface area contributed by atoms with E-state index < -0.39 is 57.6 Å². The van der Waals surface area contributed by atoms with E-state index in [4.69, 9.17) is 13.8 Å². The number of aliphatic hydroxyl groups is 1. The van der Waals surface area contributed by atoms with Crippen molar-refractivity contribution in [1.29, 1.82) is 0 Å². The number of rotatable bonds is 46. The molecule has 0 aliphatic heterocycles. The first-order valence-electron chi connectivity index (χ1n) is 25.3. The van der Waals surface area contributed by atoms with Crippen molar-refractivity contribution in [2.75, 3.05) is 19.8 Å². The number of allylic oxidation sites excluding steroid dienone is 16. The van der Waals surface area contributed by atoms with Crippen molar-refractivity contribution < 1.29 is 47.8 Å². The molecule has 0 spiro atoms. The standard InChI is InChI=1S/C54H90NO10P/c1-3-5-7-9-11-13-15-17-19-21-23-24-25-26-28-29-31-33-35-37-39-41-43-45-52(57)55-51(54(59)60)49-65-66(61,62)64-48-50(56)47-63-53(58)46-44-42-40-38-36-34-32-30-27-22-20-18-16-14-12-10-8-6-4-2/h5,7,11-14,17-20,23-24,26-28,30,50-51,56H,3-4,6,8-10,15-16,21-22,25,29,31-49H2,1-2H3,(H,55,57)(H,59,60)(H,61,62)/b7-5-,13-11-,14-12-,19-17-,20-18-,24-23-,28-26-,30-27-. The highest BCUT2D eigenvalue weighted by Gasteiger charge is 2.28. The first-order valence-corrected chi connectivity index (χ1v) is 26.8. The average Bonchev–Trinajstić information content (AvgIpc) is 3.29. The highest BCUT2D eigenvalue weighted by molar-refractivity contribution is 7.47. The van der Waals surface area contributed by atoms with Gasteiger partial charge >= 0.3 is 19.8 Å². The van der Waals surface area contributed by atoms with Crippen molar-refractivity contribution in [2.24, 2.45) is 0 Å². The van der Waals surface area contributed by atoms with Crippen molar-refractivity contribution in [1.82, 2.24) is 5.32 Å².